The van der Waals surface area contributed by atoms with Crippen molar-refractivity contribution in [2.75, 3.05) is 0 Å². The molecule has 1 atom stereocenters. The minimum atomic E-state index is -0.542. The monoisotopic (exact) mass is 337 g/mol. The van der Waals surface area contributed by atoms with Gasteiger partial charge in [0.05, 0.1) is 0 Å². The third-order valence-electron chi connectivity index (χ3n) is 4.19. The summed E-state index contributed by atoms with van der Waals surface area (Å²) in [6.07, 6.45) is 5.14. The maximum atomic E-state index is 12.5. The molecule has 1 heterocycles. The number of hydrogen-bond donors (Lipinski definition) is 2. The second-order valence-corrected chi connectivity index (χ2v) is 6.41. The zero-order valence-electron chi connectivity index (χ0n) is 14.2. The Labute approximate surface area is 147 Å². The van der Waals surface area contributed by atoms with E-state index in [4.69, 9.17) is 0 Å². The van der Waals surface area contributed by atoms with E-state index >= 15 is 0 Å². The van der Waals surface area contributed by atoms with E-state index in [1.165, 1.54) is 0 Å². The van der Waals surface area contributed by atoms with Crippen LogP contribution in [0.5, 0.6) is 0 Å². The Balaban J connectivity index is 1.57. The van der Waals surface area contributed by atoms with Crippen LogP contribution in [0.4, 0.5) is 0 Å². The van der Waals surface area contributed by atoms with E-state index in [2.05, 4.69) is 15.6 Å². The summed E-state index contributed by atoms with van der Waals surface area (Å²) in [5.41, 5.74) is 1.91. The minimum Gasteiger partial charge on any atom is -0.352 e. The Morgan fingerprint density at radius 1 is 1.08 bits per heavy atom. The molecule has 1 aliphatic rings. The Kier molecular flexibility index (Phi) is 5.77. The van der Waals surface area contributed by atoms with E-state index in [0.717, 1.165) is 24.1 Å². The van der Waals surface area contributed by atoms with Crippen LogP contribution >= 0.6 is 0 Å². The van der Waals surface area contributed by atoms with Gasteiger partial charge in [-0.2, -0.15) is 0 Å². The molecule has 1 aromatic heterocycles. The minimum absolute atomic E-state index is 0.0995. The van der Waals surface area contributed by atoms with Crippen molar-refractivity contribution in [1.29, 1.82) is 0 Å². The van der Waals surface area contributed by atoms with Crippen LogP contribution in [0.2, 0.25) is 0 Å². The maximum absolute atomic E-state index is 12.5. The lowest BCUT2D eigenvalue weighted by atomic mass is 10.0. The van der Waals surface area contributed by atoms with Crippen LogP contribution < -0.4 is 10.6 Å². The van der Waals surface area contributed by atoms with Crippen LogP contribution in [0.25, 0.3) is 0 Å². The number of aromatic nitrogens is 1. The summed E-state index contributed by atoms with van der Waals surface area (Å²) in [4.78, 5) is 29.0. The second-order valence-electron chi connectivity index (χ2n) is 6.41. The van der Waals surface area contributed by atoms with Gasteiger partial charge in [0.25, 0.3) is 0 Å². The van der Waals surface area contributed by atoms with Crippen LogP contribution in [-0.4, -0.2) is 28.9 Å². The van der Waals surface area contributed by atoms with E-state index in [-0.39, 0.29) is 17.9 Å². The van der Waals surface area contributed by atoms with E-state index in [0.29, 0.717) is 19.3 Å². The molecule has 2 N–H and O–H groups in total. The zero-order chi connectivity index (χ0) is 17.5. The molecule has 0 bridgehead atoms. The molecular weight excluding hydrogens is 314 g/mol. The highest BCUT2D eigenvalue weighted by Crippen LogP contribution is 2.19. The number of nitrogens with one attached hydrogen (secondary N) is 2. The first kappa shape index (κ1) is 17.1. The molecule has 2 aromatic rings. The fourth-order valence-corrected chi connectivity index (χ4v) is 2.64. The van der Waals surface area contributed by atoms with Crippen LogP contribution in [0, 0.1) is 0 Å². The number of rotatable bonds is 8. The molecule has 2 amide bonds. The van der Waals surface area contributed by atoms with Crippen molar-refractivity contribution < 1.29 is 9.59 Å². The highest BCUT2D eigenvalue weighted by atomic mass is 16.2. The third kappa shape index (κ3) is 5.71. The van der Waals surface area contributed by atoms with Gasteiger partial charge in [-0.3, -0.25) is 14.6 Å². The summed E-state index contributed by atoms with van der Waals surface area (Å²) in [5.74, 6) is -0.227. The number of nitrogens with zero attached hydrogens (tertiary/aromatic N) is 1. The predicted octanol–water partition coefficient (Wildman–Crippen LogP) is 2.02. The molecular formula is C20H23N3O2. The van der Waals surface area contributed by atoms with Gasteiger partial charge in [-0.15, -0.1) is 0 Å². The van der Waals surface area contributed by atoms with Crippen LogP contribution in [0.15, 0.2) is 54.7 Å². The zero-order valence-corrected chi connectivity index (χ0v) is 14.2. The molecule has 3 rings (SSSR count). The molecule has 5 nitrogen and oxygen atoms in total. The van der Waals surface area contributed by atoms with E-state index < -0.39 is 6.04 Å². The van der Waals surface area contributed by atoms with Crippen molar-refractivity contribution >= 4 is 11.8 Å². The summed E-state index contributed by atoms with van der Waals surface area (Å²) in [6.45, 7) is 0. The van der Waals surface area contributed by atoms with E-state index in [1.807, 2.05) is 48.5 Å². The Morgan fingerprint density at radius 3 is 2.52 bits per heavy atom. The lowest BCUT2D eigenvalue weighted by Crippen LogP contribution is -2.48. The second kappa shape index (κ2) is 8.42. The normalized spacial score (nSPS) is 14.6. The van der Waals surface area contributed by atoms with Crippen LogP contribution in [0.1, 0.15) is 30.5 Å². The first-order valence-corrected chi connectivity index (χ1v) is 8.74. The summed E-state index contributed by atoms with van der Waals surface area (Å²) in [5, 5.41) is 5.88. The number of benzene rings is 1. The highest BCUT2D eigenvalue weighted by molar-refractivity contribution is 5.88. The van der Waals surface area contributed by atoms with Crippen molar-refractivity contribution in [3.05, 3.63) is 66.0 Å². The average molecular weight is 337 g/mol. The molecule has 1 aromatic carbocycles. The van der Waals surface area contributed by atoms with Gasteiger partial charge in [0.15, 0.2) is 0 Å². The van der Waals surface area contributed by atoms with Crippen molar-refractivity contribution in [2.45, 2.75) is 44.2 Å². The summed E-state index contributed by atoms with van der Waals surface area (Å²) in [7, 11) is 0. The quantitative estimate of drug-likeness (QED) is 0.774. The first-order chi connectivity index (χ1) is 12.2. The van der Waals surface area contributed by atoms with Gasteiger partial charge in [-0.1, -0.05) is 36.4 Å². The van der Waals surface area contributed by atoms with Gasteiger partial charge < -0.3 is 10.6 Å². The predicted molar refractivity (Wildman–Crippen MR) is 95.8 cm³/mol. The topological polar surface area (TPSA) is 71.1 Å². The van der Waals surface area contributed by atoms with Gasteiger partial charge in [0.2, 0.25) is 11.8 Å². The number of pyridine rings is 1. The molecule has 1 aliphatic carbocycles. The molecule has 0 spiro atoms. The number of carbonyl (C=O) groups excluding carboxylic acids is 2. The lowest BCUT2D eigenvalue weighted by Gasteiger charge is -2.18. The van der Waals surface area contributed by atoms with E-state index in [1.54, 1.807) is 6.20 Å². The van der Waals surface area contributed by atoms with Crippen LogP contribution in [-0.2, 0) is 22.4 Å². The van der Waals surface area contributed by atoms with Crippen molar-refractivity contribution in [3.8, 4) is 0 Å². The number of aryl methyl sites for hydroxylation is 1. The molecule has 0 radical (unpaired) electrons. The highest BCUT2D eigenvalue weighted by Gasteiger charge is 2.28. The standard InChI is InChI=1S/C20H23N3O2/c24-19(12-11-16-8-4-5-13-21-16)23-18(20(25)22-17-9-10-17)14-15-6-2-1-3-7-15/h1-8,13,17-18H,9-12,14H2,(H,22,25)(H,23,24)/t18-/m1/s1. The van der Waals surface area contributed by atoms with Gasteiger partial charge in [0.1, 0.15) is 6.04 Å². The van der Waals surface area contributed by atoms with Crippen molar-refractivity contribution in [2.24, 2.45) is 0 Å². The smallest absolute Gasteiger partial charge is 0.243 e. The van der Waals surface area contributed by atoms with E-state index in [9.17, 15) is 9.59 Å². The number of hydrogen-bond acceptors (Lipinski definition) is 3. The van der Waals surface area contributed by atoms with Gasteiger partial charge in [-0.05, 0) is 37.0 Å². The molecule has 25 heavy (non-hydrogen) atoms. The molecule has 1 fully saturated rings. The molecule has 0 aliphatic heterocycles. The summed E-state index contributed by atoms with van der Waals surface area (Å²) >= 11 is 0. The maximum Gasteiger partial charge on any atom is 0.243 e. The fourth-order valence-electron chi connectivity index (χ4n) is 2.64. The molecule has 0 unspecified atom stereocenters. The average Bonchev–Trinajstić information content (AvgIpc) is 3.45. The molecule has 1 saturated carbocycles. The largest absolute Gasteiger partial charge is 0.352 e. The third-order valence-corrected chi connectivity index (χ3v) is 4.19. The first-order valence-electron chi connectivity index (χ1n) is 8.74. The SMILES string of the molecule is O=C(CCc1ccccn1)N[C@H](Cc1ccccc1)C(=O)NC1CC1. The molecule has 5 heteroatoms. The van der Waals surface area contributed by atoms with Gasteiger partial charge in [0, 0.05) is 30.8 Å². The fraction of sp³-hybridized carbons (Fsp3) is 0.350. The Morgan fingerprint density at radius 2 is 1.84 bits per heavy atom. The van der Waals surface area contributed by atoms with Gasteiger partial charge >= 0.3 is 0 Å². The summed E-state index contributed by atoms with van der Waals surface area (Å²) < 4.78 is 0. The number of carbonyl (C=O) groups is 2. The molecule has 0 saturated heterocycles. The lowest BCUT2D eigenvalue weighted by molar-refractivity contribution is -0.129. The number of amides is 2. The Hall–Kier alpha value is -2.69. The van der Waals surface area contributed by atoms with Crippen molar-refractivity contribution in [3.63, 3.8) is 0 Å². The van der Waals surface area contributed by atoms with Crippen molar-refractivity contribution in [1.82, 2.24) is 15.6 Å². The van der Waals surface area contributed by atoms with Gasteiger partial charge in [-0.25, -0.2) is 0 Å². The molecule has 130 valence electrons. The Bertz CT molecular complexity index is 699. The summed E-state index contributed by atoms with van der Waals surface area (Å²) in [6, 6.07) is 15.1. The van der Waals surface area contributed by atoms with Crippen LogP contribution in [0.3, 0.4) is 0 Å².